The lowest BCUT2D eigenvalue weighted by Gasteiger charge is -2.14. The van der Waals surface area contributed by atoms with Crippen LogP contribution in [0.2, 0.25) is 0 Å². The van der Waals surface area contributed by atoms with Gasteiger partial charge in [0.25, 0.3) is 0 Å². The van der Waals surface area contributed by atoms with Gasteiger partial charge in [-0.25, -0.2) is 0 Å². The maximum absolute atomic E-state index is 10.4. The van der Waals surface area contributed by atoms with Crippen LogP contribution in [0.1, 0.15) is 42.2 Å². The molecule has 1 atom stereocenters. The molecule has 0 amide bonds. The van der Waals surface area contributed by atoms with Crippen molar-refractivity contribution in [1.29, 1.82) is 0 Å². The molecule has 0 spiro atoms. The summed E-state index contributed by atoms with van der Waals surface area (Å²) in [5.41, 5.74) is 4.63. The van der Waals surface area contributed by atoms with Gasteiger partial charge >= 0.3 is 0 Å². The molecule has 0 heterocycles. The Morgan fingerprint density at radius 1 is 0.952 bits per heavy atom. The lowest BCUT2D eigenvalue weighted by atomic mass is 9.98. The molecule has 2 aromatic rings. The largest absolute Gasteiger partial charge is 0.491 e. The Morgan fingerprint density at radius 3 is 2.19 bits per heavy atom. The standard InChI is InChI=1S/C19H24O2/c1-13(2)21-18-9-7-17(8-10-18)19(20)12-16-6-5-14(3)15(4)11-16/h5-11,13,19-20H,12H2,1-4H3. The van der Waals surface area contributed by atoms with Crippen LogP contribution in [-0.4, -0.2) is 11.2 Å². The van der Waals surface area contributed by atoms with E-state index < -0.39 is 6.10 Å². The molecule has 2 nitrogen and oxygen atoms in total. The molecule has 0 saturated heterocycles. The van der Waals surface area contributed by atoms with E-state index in [0.717, 1.165) is 16.9 Å². The predicted molar refractivity (Wildman–Crippen MR) is 86.8 cm³/mol. The van der Waals surface area contributed by atoms with Gasteiger partial charge in [0.05, 0.1) is 12.2 Å². The molecule has 0 aliphatic rings. The number of hydrogen-bond donors (Lipinski definition) is 1. The Balaban J connectivity index is 2.05. The van der Waals surface area contributed by atoms with Crippen molar-refractivity contribution in [3.05, 3.63) is 64.7 Å². The molecule has 0 aromatic heterocycles. The van der Waals surface area contributed by atoms with Crippen molar-refractivity contribution in [2.24, 2.45) is 0 Å². The van der Waals surface area contributed by atoms with Gasteiger partial charge in [0, 0.05) is 6.42 Å². The molecule has 0 aliphatic heterocycles. The number of aliphatic hydroxyl groups is 1. The molecule has 1 unspecified atom stereocenters. The third-order valence-corrected chi connectivity index (χ3v) is 3.64. The fourth-order valence-electron chi connectivity index (χ4n) is 2.31. The summed E-state index contributed by atoms with van der Waals surface area (Å²) in [6, 6.07) is 14.0. The zero-order chi connectivity index (χ0) is 15.4. The fourth-order valence-corrected chi connectivity index (χ4v) is 2.31. The van der Waals surface area contributed by atoms with Crippen LogP contribution in [0, 0.1) is 13.8 Å². The van der Waals surface area contributed by atoms with Gasteiger partial charge in [0.2, 0.25) is 0 Å². The average Bonchev–Trinajstić information content (AvgIpc) is 2.43. The van der Waals surface area contributed by atoms with Crippen LogP contribution in [0.3, 0.4) is 0 Å². The second-order valence-corrected chi connectivity index (χ2v) is 5.87. The van der Waals surface area contributed by atoms with Crippen LogP contribution < -0.4 is 4.74 Å². The van der Waals surface area contributed by atoms with Crippen LogP contribution in [0.15, 0.2) is 42.5 Å². The quantitative estimate of drug-likeness (QED) is 0.883. The first kappa shape index (κ1) is 15.6. The molecule has 0 bridgehead atoms. The normalized spacial score (nSPS) is 12.5. The number of hydrogen-bond acceptors (Lipinski definition) is 2. The van der Waals surface area contributed by atoms with Gasteiger partial charge < -0.3 is 9.84 Å². The van der Waals surface area contributed by atoms with Gasteiger partial charge in [0.1, 0.15) is 5.75 Å². The monoisotopic (exact) mass is 284 g/mol. The van der Waals surface area contributed by atoms with Crippen molar-refractivity contribution in [3.63, 3.8) is 0 Å². The molecule has 112 valence electrons. The van der Waals surface area contributed by atoms with E-state index in [4.69, 9.17) is 4.74 Å². The van der Waals surface area contributed by atoms with Gasteiger partial charge in [-0.3, -0.25) is 0 Å². The maximum atomic E-state index is 10.4. The van der Waals surface area contributed by atoms with Crippen molar-refractivity contribution >= 4 is 0 Å². The summed E-state index contributed by atoms with van der Waals surface area (Å²) in [4.78, 5) is 0. The summed E-state index contributed by atoms with van der Waals surface area (Å²) < 4.78 is 5.61. The van der Waals surface area contributed by atoms with Crippen molar-refractivity contribution in [2.75, 3.05) is 0 Å². The highest BCUT2D eigenvalue weighted by atomic mass is 16.5. The van der Waals surface area contributed by atoms with E-state index in [1.807, 2.05) is 38.1 Å². The molecule has 2 aromatic carbocycles. The van der Waals surface area contributed by atoms with Gasteiger partial charge in [-0.2, -0.15) is 0 Å². The first-order chi connectivity index (χ1) is 9.95. The zero-order valence-corrected chi connectivity index (χ0v) is 13.3. The maximum Gasteiger partial charge on any atom is 0.119 e. The third-order valence-electron chi connectivity index (χ3n) is 3.64. The average molecular weight is 284 g/mol. The molecule has 1 N–H and O–H groups in total. The summed E-state index contributed by atoms with van der Waals surface area (Å²) in [5, 5.41) is 10.4. The first-order valence-electron chi connectivity index (χ1n) is 7.46. The Bertz CT molecular complexity index is 585. The summed E-state index contributed by atoms with van der Waals surface area (Å²) in [6.07, 6.45) is 0.308. The minimum absolute atomic E-state index is 0.163. The van der Waals surface area contributed by atoms with Crippen LogP contribution in [0.5, 0.6) is 5.75 Å². The van der Waals surface area contributed by atoms with Crippen molar-refractivity contribution in [1.82, 2.24) is 0 Å². The molecule has 21 heavy (non-hydrogen) atoms. The van der Waals surface area contributed by atoms with E-state index in [9.17, 15) is 5.11 Å². The lowest BCUT2D eigenvalue weighted by Crippen LogP contribution is -2.06. The Morgan fingerprint density at radius 2 is 1.62 bits per heavy atom. The van der Waals surface area contributed by atoms with Crippen molar-refractivity contribution < 1.29 is 9.84 Å². The minimum atomic E-state index is -0.486. The van der Waals surface area contributed by atoms with Crippen molar-refractivity contribution in [3.8, 4) is 5.75 Å². The Hall–Kier alpha value is -1.80. The highest BCUT2D eigenvalue weighted by Gasteiger charge is 2.09. The van der Waals surface area contributed by atoms with E-state index in [-0.39, 0.29) is 6.10 Å². The topological polar surface area (TPSA) is 29.5 Å². The lowest BCUT2D eigenvalue weighted by molar-refractivity contribution is 0.178. The van der Waals surface area contributed by atoms with Crippen LogP contribution in [0.25, 0.3) is 0 Å². The van der Waals surface area contributed by atoms with Crippen LogP contribution >= 0.6 is 0 Å². The second kappa shape index (κ2) is 6.77. The molecule has 0 aliphatic carbocycles. The van der Waals surface area contributed by atoms with Gasteiger partial charge in [-0.05, 0) is 62.1 Å². The predicted octanol–water partition coefficient (Wildman–Crippen LogP) is 4.37. The molecule has 2 heteroatoms. The number of benzene rings is 2. The summed E-state index contributed by atoms with van der Waals surface area (Å²) >= 11 is 0. The molecular weight excluding hydrogens is 260 g/mol. The van der Waals surface area contributed by atoms with E-state index >= 15 is 0 Å². The third kappa shape index (κ3) is 4.33. The number of rotatable bonds is 5. The number of aliphatic hydroxyl groups excluding tert-OH is 1. The molecule has 0 radical (unpaired) electrons. The van der Waals surface area contributed by atoms with E-state index in [2.05, 4.69) is 32.0 Å². The van der Waals surface area contributed by atoms with Crippen LogP contribution in [-0.2, 0) is 6.42 Å². The molecule has 2 rings (SSSR count). The number of aryl methyl sites for hydroxylation is 2. The van der Waals surface area contributed by atoms with Crippen molar-refractivity contribution in [2.45, 2.75) is 46.3 Å². The summed E-state index contributed by atoms with van der Waals surface area (Å²) in [7, 11) is 0. The molecule has 0 saturated carbocycles. The summed E-state index contributed by atoms with van der Waals surface area (Å²) in [5.74, 6) is 0.840. The van der Waals surface area contributed by atoms with E-state index in [0.29, 0.717) is 6.42 Å². The minimum Gasteiger partial charge on any atom is -0.491 e. The van der Waals surface area contributed by atoms with Gasteiger partial charge in [0.15, 0.2) is 0 Å². The number of ether oxygens (including phenoxy) is 1. The smallest absolute Gasteiger partial charge is 0.119 e. The van der Waals surface area contributed by atoms with E-state index in [1.54, 1.807) is 0 Å². The van der Waals surface area contributed by atoms with E-state index in [1.165, 1.54) is 11.1 Å². The highest BCUT2D eigenvalue weighted by molar-refractivity contribution is 5.33. The zero-order valence-electron chi connectivity index (χ0n) is 13.3. The van der Waals surface area contributed by atoms with Crippen LogP contribution in [0.4, 0.5) is 0 Å². The fraction of sp³-hybridized carbons (Fsp3) is 0.368. The Kier molecular flexibility index (Phi) is 5.03. The first-order valence-corrected chi connectivity index (χ1v) is 7.46. The second-order valence-electron chi connectivity index (χ2n) is 5.87. The molecular formula is C19H24O2. The SMILES string of the molecule is Cc1ccc(CC(O)c2ccc(OC(C)C)cc2)cc1C. The van der Waals surface area contributed by atoms with Gasteiger partial charge in [-0.15, -0.1) is 0 Å². The van der Waals surface area contributed by atoms with Gasteiger partial charge in [-0.1, -0.05) is 30.3 Å². The molecule has 0 fully saturated rings. The Labute approximate surface area is 127 Å². The highest BCUT2D eigenvalue weighted by Crippen LogP contribution is 2.22. The summed E-state index contributed by atoms with van der Waals surface area (Å²) in [6.45, 7) is 8.21.